The van der Waals surface area contributed by atoms with Crippen LogP contribution in [0.3, 0.4) is 0 Å². The Morgan fingerprint density at radius 3 is 2.50 bits per heavy atom. The number of nitrogens with zero attached hydrogens (tertiary/aromatic N) is 1. The van der Waals surface area contributed by atoms with E-state index >= 15 is 0 Å². The van der Waals surface area contributed by atoms with Gasteiger partial charge in [-0.25, -0.2) is 13.2 Å². The molecule has 1 N–H and O–H groups in total. The summed E-state index contributed by atoms with van der Waals surface area (Å²) in [5.41, 5.74) is -0.0511. The van der Waals surface area contributed by atoms with Crippen LogP contribution in [0.2, 0.25) is 0 Å². The Labute approximate surface area is 148 Å². The molecular weight excluding hydrogens is 349 g/mol. The van der Waals surface area contributed by atoms with Gasteiger partial charge in [-0.2, -0.15) is 0 Å². The highest BCUT2D eigenvalue weighted by molar-refractivity contribution is 5.95. The first-order valence-electron chi connectivity index (χ1n) is 7.69. The Morgan fingerprint density at radius 1 is 1.12 bits per heavy atom. The Hall–Kier alpha value is -3.03. The molecule has 0 saturated carbocycles. The number of methoxy groups -OCH3 is 1. The molecule has 0 aliphatic heterocycles. The van der Waals surface area contributed by atoms with Gasteiger partial charge in [0.25, 0.3) is 5.91 Å². The van der Waals surface area contributed by atoms with Gasteiger partial charge in [-0.05, 0) is 24.3 Å². The van der Waals surface area contributed by atoms with Crippen molar-refractivity contribution in [1.29, 1.82) is 0 Å². The predicted octanol–water partition coefficient (Wildman–Crippen LogP) is 2.90. The van der Waals surface area contributed by atoms with E-state index in [1.807, 2.05) is 0 Å². The number of hydrogen-bond donors (Lipinski definition) is 1. The van der Waals surface area contributed by atoms with E-state index in [4.69, 9.17) is 4.74 Å². The van der Waals surface area contributed by atoms with Crippen LogP contribution in [0.4, 0.5) is 18.9 Å². The van der Waals surface area contributed by atoms with Gasteiger partial charge in [0.1, 0.15) is 5.75 Å². The fraction of sp³-hybridized carbons (Fsp3) is 0.222. The maximum Gasteiger partial charge on any atom is 0.254 e. The van der Waals surface area contributed by atoms with Gasteiger partial charge in [0.05, 0.1) is 12.7 Å². The van der Waals surface area contributed by atoms with E-state index < -0.39 is 28.9 Å². The quantitative estimate of drug-likeness (QED) is 0.800. The van der Waals surface area contributed by atoms with Gasteiger partial charge < -0.3 is 15.0 Å². The van der Waals surface area contributed by atoms with Crippen molar-refractivity contribution in [3.8, 4) is 5.75 Å². The highest BCUT2D eigenvalue weighted by atomic mass is 19.2. The molecule has 0 radical (unpaired) electrons. The Balaban J connectivity index is 2.05. The standard InChI is InChI=1S/C18H17F3N2O3/c1-11(24)23(12-4-3-5-13(10-12)26-2)9-8-22-18(25)14-6-7-15(19)17(21)16(14)20/h3-7,10H,8-9H2,1-2H3,(H,22,25). The molecule has 5 nitrogen and oxygen atoms in total. The van der Waals surface area contributed by atoms with Gasteiger partial charge in [0, 0.05) is 31.8 Å². The zero-order valence-electron chi connectivity index (χ0n) is 14.2. The van der Waals surface area contributed by atoms with Crippen molar-refractivity contribution in [1.82, 2.24) is 5.32 Å². The van der Waals surface area contributed by atoms with Gasteiger partial charge >= 0.3 is 0 Å². The average molecular weight is 366 g/mol. The maximum absolute atomic E-state index is 13.6. The predicted molar refractivity (Wildman–Crippen MR) is 89.7 cm³/mol. The number of anilines is 1. The normalized spacial score (nSPS) is 10.3. The lowest BCUT2D eigenvalue weighted by atomic mass is 10.2. The van der Waals surface area contributed by atoms with Crippen LogP contribution in [0, 0.1) is 17.5 Å². The molecule has 0 fully saturated rings. The summed E-state index contributed by atoms with van der Waals surface area (Å²) in [6.45, 7) is 1.43. The van der Waals surface area contributed by atoms with Crippen LogP contribution in [-0.4, -0.2) is 32.0 Å². The second-order valence-corrected chi connectivity index (χ2v) is 5.35. The zero-order chi connectivity index (χ0) is 19.3. The SMILES string of the molecule is COc1cccc(N(CCNC(=O)c2ccc(F)c(F)c2F)C(C)=O)c1. The molecule has 2 aromatic carbocycles. The van der Waals surface area contributed by atoms with E-state index in [1.165, 1.54) is 18.9 Å². The highest BCUT2D eigenvalue weighted by Gasteiger charge is 2.19. The largest absolute Gasteiger partial charge is 0.497 e. The fourth-order valence-corrected chi connectivity index (χ4v) is 2.32. The zero-order valence-corrected chi connectivity index (χ0v) is 14.2. The summed E-state index contributed by atoms with van der Waals surface area (Å²) in [5.74, 6) is -5.26. The highest BCUT2D eigenvalue weighted by Crippen LogP contribution is 2.21. The van der Waals surface area contributed by atoms with Crippen LogP contribution in [0.25, 0.3) is 0 Å². The van der Waals surface area contributed by atoms with E-state index in [2.05, 4.69) is 5.32 Å². The molecule has 2 rings (SSSR count). The first kappa shape index (κ1) is 19.3. The Bertz CT molecular complexity index is 827. The molecule has 0 spiro atoms. The van der Waals surface area contributed by atoms with Gasteiger partial charge in [0.2, 0.25) is 5.91 Å². The summed E-state index contributed by atoms with van der Waals surface area (Å²) >= 11 is 0. The number of nitrogens with one attached hydrogen (secondary N) is 1. The molecule has 0 aliphatic rings. The molecule has 26 heavy (non-hydrogen) atoms. The number of halogens is 3. The fourth-order valence-electron chi connectivity index (χ4n) is 2.32. The molecular formula is C18H17F3N2O3. The summed E-state index contributed by atoms with van der Waals surface area (Å²) in [7, 11) is 1.49. The van der Waals surface area contributed by atoms with Crippen LogP contribution in [0.1, 0.15) is 17.3 Å². The summed E-state index contributed by atoms with van der Waals surface area (Å²) < 4.78 is 44.8. The number of carbonyl (C=O) groups excluding carboxylic acids is 2. The third-order valence-electron chi connectivity index (χ3n) is 3.65. The van der Waals surface area contributed by atoms with Gasteiger partial charge in [0.15, 0.2) is 17.5 Å². The summed E-state index contributed by atoms with van der Waals surface area (Å²) in [6.07, 6.45) is 0. The van der Waals surface area contributed by atoms with E-state index in [-0.39, 0.29) is 19.0 Å². The molecule has 0 aliphatic carbocycles. The van der Waals surface area contributed by atoms with Gasteiger partial charge in [-0.1, -0.05) is 6.07 Å². The second-order valence-electron chi connectivity index (χ2n) is 5.35. The van der Waals surface area contributed by atoms with E-state index in [1.54, 1.807) is 24.3 Å². The molecule has 2 amide bonds. The number of ether oxygens (including phenoxy) is 1. The van der Waals surface area contributed by atoms with Crippen molar-refractivity contribution < 1.29 is 27.5 Å². The molecule has 0 unspecified atom stereocenters. The lowest BCUT2D eigenvalue weighted by molar-refractivity contribution is -0.116. The summed E-state index contributed by atoms with van der Waals surface area (Å²) in [6, 6.07) is 8.30. The summed E-state index contributed by atoms with van der Waals surface area (Å²) in [4.78, 5) is 25.2. The smallest absolute Gasteiger partial charge is 0.254 e. The van der Waals surface area contributed by atoms with Crippen LogP contribution in [0.5, 0.6) is 5.75 Å². The van der Waals surface area contributed by atoms with Crippen molar-refractivity contribution in [3.05, 3.63) is 59.4 Å². The van der Waals surface area contributed by atoms with E-state index in [0.717, 1.165) is 6.07 Å². The first-order valence-corrected chi connectivity index (χ1v) is 7.69. The van der Waals surface area contributed by atoms with Crippen molar-refractivity contribution in [3.63, 3.8) is 0 Å². The monoisotopic (exact) mass is 366 g/mol. The van der Waals surface area contributed by atoms with Crippen LogP contribution in [0.15, 0.2) is 36.4 Å². The molecule has 8 heteroatoms. The van der Waals surface area contributed by atoms with Crippen LogP contribution < -0.4 is 15.0 Å². The molecule has 0 atom stereocenters. The van der Waals surface area contributed by atoms with Gasteiger partial charge in [-0.3, -0.25) is 9.59 Å². The Morgan fingerprint density at radius 2 is 1.85 bits per heavy atom. The summed E-state index contributed by atoms with van der Waals surface area (Å²) in [5, 5.41) is 2.38. The van der Waals surface area contributed by atoms with Crippen LogP contribution >= 0.6 is 0 Å². The molecule has 2 aromatic rings. The number of amides is 2. The topological polar surface area (TPSA) is 58.6 Å². The minimum atomic E-state index is -1.71. The molecule has 0 aromatic heterocycles. The maximum atomic E-state index is 13.6. The van der Waals surface area contributed by atoms with Crippen molar-refractivity contribution in [2.75, 3.05) is 25.1 Å². The van der Waals surface area contributed by atoms with Crippen LogP contribution in [-0.2, 0) is 4.79 Å². The molecule has 0 saturated heterocycles. The average Bonchev–Trinajstić information content (AvgIpc) is 2.63. The number of hydrogen-bond acceptors (Lipinski definition) is 3. The second kappa shape index (κ2) is 8.37. The van der Waals surface area contributed by atoms with E-state index in [0.29, 0.717) is 17.5 Å². The lowest BCUT2D eigenvalue weighted by Gasteiger charge is -2.22. The minimum Gasteiger partial charge on any atom is -0.497 e. The minimum absolute atomic E-state index is 0.0198. The number of rotatable bonds is 6. The van der Waals surface area contributed by atoms with Gasteiger partial charge in [-0.15, -0.1) is 0 Å². The number of carbonyl (C=O) groups is 2. The van der Waals surface area contributed by atoms with Crippen molar-refractivity contribution in [2.45, 2.75) is 6.92 Å². The first-order chi connectivity index (χ1) is 12.3. The molecule has 0 heterocycles. The third kappa shape index (κ3) is 4.33. The van der Waals surface area contributed by atoms with E-state index in [9.17, 15) is 22.8 Å². The lowest BCUT2D eigenvalue weighted by Crippen LogP contribution is -2.37. The van der Waals surface area contributed by atoms with Crippen molar-refractivity contribution in [2.24, 2.45) is 0 Å². The third-order valence-corrected chi connectivity index (χ3v) is 3.65. The molecule has 0 bridgehead atoms. The number of benzene rings is 2. The Kier molecular flexibility index (Phi) is 6.21. The molecule has 138 valence electrons. The van der Waals surface area contributed by atoms with Crippen molar-refractivity contribution >= 4 is 17.5 Å².